The first kappa shape index (κ1) is 17.5. The molecular weight excluding hydrogens is 312 g/mol. The number of piperidine rings is 1. The number of aliphatic hydroxyl groups excluding tert-OH is 1. The molecule has 1 unspecified atom stereocenters. The van der Waals surface area contributed by atoms with E-state index in [1.807, 2.05) is 60.4 Å². The first-order valence-electron chi connectivity index (χ1n) is 8.95. The Bertz CT molecular complexity index is 694. The maximum Gasteiger partial charge on any atom is 0.317 e. The second-order valence-electron chi connectivity index (χ2n) is 6.83. The fraction of sp³-hybridized carbons (Fsp3) is 0.381. The van der Waals surface area contributed by atoms with Gasteiger partial charge in [-0.1, -0.05) is 60.2 Å². The molecule has 25 heavy (non-hydrogen) atoms. The molecule has 0 bridgehead atoms. The first-order valence-corrected chi connectivity index (χ1v) is 8.95. The smallest absolute Gasteiger partial charge is 0.317 e. The molecule has 0 aliphatic carbocycles. The SMILES string of the molecule is Cc1cccc(CNC(=O)N2CCC(C(O)c3ccccc3)CC2)c1. The number of aryl methyl sites for hydroxylation is 1. The molecule has 2 N–H and O–H groups in total. The highest BCUT2D eigenvalue weighted by molar-refractivity contribution is 5.74. The number of nitrogens with one attached hydrogen (secondary N) is 1. The predicted molar refractivity (Wildman–Crippen MR) is 99.1 cm³/mol. The maximum atomic E-state index is 12.4. The summed E-state index contributed by atoms with van der Waals surface area (Å²) >= 11 is 0. The van der Waals surface area contributed by atoms with Crippen LogP contribution in [0.4, 0.5) is 4.79 Å². The van der Waals surface area contributed by atoms with Crippen molar-refractivity contribution in [3.05, 3.63) is 71.3 Å². The lowest BCUT2D eigenvalue weighted by Gasteiger charge is -2.34. The van der Waals surface area contributed by atoms with Gasteiger partial charge in [0.1, 0.15) is 0 Å². The number of nitrogens with zero attached hydrogens (tertiary/aromatic N) is 1. The molecule has 2 amide bonds. The minimum atomic E-state index is -0.446. The van der Waals surface area contributed by atoms with E-state index in [1.165, 1.54) is 5.56 Å². The number of hydrogen-bond donors (Lipinski definition) is 2. The van der Waals surface area contributed by atoms with Crippen LogP contribution in [0.15, 0.2) is 54.6 Å². The van der Waals surface area contributed by atoms with Crippen molar-refractivity contribution in [3.63, 3.8) is 0 Å². The van der Waals surface area contributed by atoms with Crippen LogP contribution in [-0.2, 0) is 6.54 Å². The van der Waals surface area contributed by atoms with Crippen molar-refractivity contribution in [2.45, 2.75) is 32.4 Å². The molecular formula is C21H26N2O2. The van der Waals surface area contributed by atoms with E-state index in [2.05, 4.69) is 11.4 Å². The molecule has 1 heterocycles. The van der Waals surface area contributed by atoms with Crippen LogP contribution in [0.2, 0.25) is 0 Å². The van der Waals surface area contributed by atoms with E-state index in [0.717, 1.165) is 24.0 Å². The van der Waals surface area contributed by atoms with Crippen molar-refractivity contribution in [1.82, 2.24) is 10.2 Å². The molecule has 0 saturated carbocycles. The van der Waals surface area contributed by atoms with Crippen LogP contribution in [0.3, 0.4) is 0 Å². The lowest BCUT2D eigenvalue weighted by molar-refractivity contribution is 0.0665. The van der Waals surface area contributed by atoms with Gasteiger partial charge in [0.05, 0.1) is 6.10 Å². The van der Waals surface area contributed by atoms with Crippen molar-refractivity contribution < 1.29 is 9.90 Å². The number of carbonyl (C=O) groups is 1. The molecule has 3 rings (SSSR count). The zero-order valence-electron chi connectivity index (χ0n) is 14.7. The van der Waals surface area contributed by atoms with Crippen LogP contribution >= 0.6 is 0 Å². The van der Waals surface area contributed by atoms with Gasteiger partial charge >= 0.3 is 6.03 Å². The molecule has 2 aromatic rings. The minimum absolute atomic E-state index is 0.0193. The van der Waals surface area contributed by atoms with Gasteiger partial charge in [-0.3, -0.25) is 0 Å². The normalized spacial score (nSPS) is 16.5. The minimum Gasteiger partial charge on any atom is -0.388 e. The Balaban J connectivity index is 1.47. The fourth-order valence-corrected chi connectivity index (χ4v) is 3.45. The van der Waals surface area contributed by atoms with Crippen LogP contribution in [0.5, 0.6) is 0 Å². The summed E-state index contributed by atoms with van der Waals surface area (Å²) in [5, 5.41) is 13.5. The third kappa shape index (κ3) is 4.60. The van der Waals surface area contributed by atoms with E-state index < -0.39 is 6.10 Å². The van der Waals surface area contributed by atoms with Crippen molar-refractivity contribution in [2.24, 2.45) is 5.92 Å². The van der Waals surface area contributed by atoms with Crippen molar-refractivity contribution in [2.75, 3.05) is 13.1 Å². The van der Waals surface area contributed by atoms with Gasteiger partial charge in [-0.25, -0.2) is 4.79 Å². The Hall–Kier alpha value is -2.33. The van der Waals surface area contributed by atoms with Crippen LogP contribution in [0.25, 0.3) is 0 Å². The Morgan fingerprint density at radius 1 is 1.16 bits per heavy atom. The van der Waals surface area contributed by atoms with Crippen LogP contribution in [0.1, 0.15) is 35.6 Å². The Kier molecular flexibility index (Phi) is 5.71. The Morgan fingerprint density at radius 2 is 1.88 bits per heavy atom. The van der Waals surface area contributed by atoms with Crippen LogP contribution in [-0.4, -0.2) is 29.1 Å². The number of amides is 2. The molecule has 1 fully saturated rings. The molecule has 132 valence electrons. The van der Waals surface area contributed by atoms with E-state index in [4.69, 9.17) is 0 Å². The number of aliphatic hydroxyl groups is 1. The summed E-state index contributed by atoms with van der Waals surface area (Å²) in [7, 11) is 0. The van der Waals surface area contributed by atoms with Crippen molar-refractivity contribution in [3.8, 4) is 0 Å². The molecule has 4 heteroatoms. The van der Waals surface area contributed by atoms with E-state index in [9.17, 15) is 9.90 Å². The third-order valence-electron chi connectivity index (χ3n) is 4.94. The topological polar surface area (TPSA) is 52.6 Å². The monoisotopic (exact) mass is 338 g/mol. The van der Waals surface area contributed by atoms with Gasteiger partial charge in [0.15, 0.2) is 0 Å². The van der Waals surface area contributed by atoms with Gasteiger partial charge in [0.25, 0.3) is 0 Å². The first-order chi connectivity index (χ1) is 12.1. The number of rotatable bonds is 4. The number of likely N-dealkylation sites (tertiary alicyclic amines) is 1. The second-order valence-corrected chi connectivity index (χ2v) is 6.83. The van der Waals surface area contributed by atoms with Crippen LogP contribution < -0.4 is 5.32 Å². The molecule has 2 aromatic carbocycles. The third-order valence-corrected chi connectivity index (χ3v) is 4.94. The van der Waals surface area contributed by atoms with Gasteiger partial charge in [-0.15, -0.1) is 0 Å². The molecule has 4 nitrogen and oxygen atoms in total. The Labute approximate surface area is 149 Å². The summed E-state index contributed by atoms with van der Waals surface area (Å²) in [6, 6.07) is 17.9. The van der Waals surface area contributed by atoms with E-state index >= 15 is 0 Å². The predicted octanol–water partition coefficient (Wildman–Crippen LogP) is 3.65. The molecule has 0 radical (unpaired) electrons. The Morgan fingerprint density at radius 3 is 2.56 bits per heavy atom. The van der Waals surface area contributed by atoms with E-state index in [-0.39, 0.29) is 11.9 Å². The zero-order chi connectivity index (χ0) is 17.6. The number of urea groups is 1. The summed E-state index contributed by atoms with van der Waals surface area (Å²) in [5.41, 5.74) is 3.27. The number of hydrogen-bond acceptors (Lipinski definition) is 2. The van der Waals surface area contributed by atoms with E-state index in [0.29, 0.717) is 19.6 Å². The standard InChI is InChI=1S/C21H26N2O2/c1-16-6-5-7-17(14-16)15-22-21(25)23-12-10-19(11-13-23)20(24)18-8-3-2-4-9-18/h2-9,14,19-20,24H,10-13,15H2,1H3,(H,22,25). The summed E-state index contributed by atoms with van der Waals surface area (Å²) < 4.78 is 0. The quantitative estimate of drug-likeness (QED) is 0.894. The lowest BCUT2D eigenvalue weighted by Crippen LogP contribution is -2.44. The average molecular weight is 338 g/mol. The molecule has 1 atom stereocenters. The molecule has 1 saturated heterocycles. The molecule has 1 aliphatic rings. The summed E-state index contributed by atoms with van der Waals surface area (Å²) in [6.45, 7) is 3.98. The average Bonchev–Trinajstić information content (AvgIpc) is 2.66. The van der Waals surface area contributed by atoms with Crippen molar-refractivity contribution in [1.29, 1.82) is 0 Å². The van der Waals surface area contributed by atoms with Gasteiger partial charge in [0, 0.05) is 19.6 Å². The summed E-state index contributed by atoms with van der Waals surface area (Å²) in [5.74, 6) is 0.211. The highest BCUT2D eigenvalue weighted by Crippen LogP contribution is 2.30. The maximum absolute atomic E-state index is 12.4. The van der Waals surface area contributed by atoms with Gasteiger partial charge in [0.2, 0.25) is 0 Å². The van der Waals surface area contributed by atoms with Gasteiger partial charge in [-0.2, -0.15) is 0 Å². The fourth-order valence-electron chi connectivity index (χ4n) is 3.45. The molecule has 0 spiro atoms. The molecule has 0 aromatic heterocycles. The lowest BCUT2D eigenvalue weighted by atomic mass is 9.87. The number of benzene rings is 2. The largest absolute Gasteiger partial charge is 0.388 e. The summed E-state index contributed by atoms with van der Waals surface area (Å²) in [6.07, 6.45) is 1.21. The highest BCUT2D eigenvalue weighted by atomic mass is 16.3. The van der Waals surface area contributed by atoms with Gasteiger partial charge in [-0.05, 0) is 36.8 Å². The zero-order valence-corrected chi connectivity index (χ0v) is 14.7. The second kappa shape index (κ2) is 8.17. The molecule has 1 aliphatic heterocycles. The van der Waals surface area contributed by atoms with E-state index in [1.54, 1.807) is 0 Å². The van der Waals surface area contributed by atoms with Crippen molar-refractivity contribution >= 4 is 6.03 Å². The van der Waals surface area contributed by atoms with Gasteiger partial charge < -0.3 is 15.3 Å². The van der Waals surface area contributed by atoms with Crippen LogP contribution in [0, 0.1) is 12.8 Å². The number of carbonyl (C=O) groups excluding carboxylic acids is 1. The summed E-state index contributed by atoms with van der Waals surface area (Å²) in [4.78, 5) is 14.2. The highest BCUT2D eigenvalue weighted by Gasteiger charge is 2.28.